The van der Waals surface area contributed by atoms with E-state index in [-0.39, 0.29) is 48.3 Å². The lowest BCUT2D eigenvalue weighted by molar-refractivity contribution is 0.0973. The molecule has 8 atom stereocenters. The van der Waals surface area contributed by atoms with Crippen LogP contribution in [0.2, 0.25) is 0 Å². The van der Waals surface area contributed by atoms with E-state index < -0.39 is 0 Å². The Labute approximate surface area is 454 Å². The van der Waals surface area contributed by atoms with Gasteiger partial charge in [0, 0.05) is 99.6 Å². The molecule has 0 radical (unpaired) electrons. The van der Waals surface area contributed by atoms with E-state index in [0.717, 1.165) is 172 Å². The van der Waals surface area contributed by atoms with E-state index in [2.05, 4.69) is 43.4 Å². The molecule has 412 valence electrons. The zero-order chi connectivity index (χ0) is 52.6. The summed E-state index contributed by atoms with van der Waals surface area (Å²) in [6, 6.07) is 4.71. The summed E-state index contributed by atoms with van der Waals surface area (Å²) in [4.78, 5) is 39.5. The average molecular weight is 1090 g/mol. The molecule has 0 bridgehead atoms. The normalized spacial score (nSPS) is 27.9. The predicted molar refractivity (Wildman–Crippen MR) is 290 cm³/mol. The maximum absolute atomic E-state index is 10.2. The molecule has 12 heterocycles. The van der Waals surface area contributed by atoms with Gasteiger partial charge in [0.1, 0.15) is 34.7 Å². The average Bonchev–Trinajstić information content (AvgIpc) is 4.25. The fraction of sp³-hybridized carbons (Fsp3) is 0.667. The topological polar surface area (TPSA) is 238 Å². The molecular formula is C54H76N12O8S2. The number of rotatable bonds is 14. The summed E-state index contributed by atoms with van der Waals surface area (Å²) in [5, 5.41) is 21.8. The molecule has 6 fully saturated rings. The Morgan fingerprint density at radius 3 is 1.42 bits per heavy atom. The molecule has 20 nitrogen and oxygen atoms in total. The highest BCUT2D eigenvalue weighted by Gasteiger charge is 2.49. The quantitative estimate of drug-likeness (QED) is 0.131. The summed E-state index contributed by atoms with van der Waals surface area (Å²) in [7, 11) is 0. The summed E-state index contributed by atoms with van der Waals surface area (Å²) >= 11 is 3.00. The number of aromatic nitrogens is 6. The second-order valence-electron chi connectivity index (χ2n) is 21.9. The monoisotopic (exact) mass is 1080 g/mol. The molecule has 76 heavy (non-hydrogen) atoms. The Bertz CT molecular complexity index is 2470. The van der Waals surface area contributed by atoms with Gasteiger partial charge >= 0.3 is 0 Å². The Kier molecular flexibility index (Phi) is 16.3. The van der Waals surface area contributed by atoms with Gasteiger partial charge in [-0.15, -0.1) is 0 Å². The van der Waals surface area contributed by atoms with E-state index in [0.29, 0.717) is 48.5 Å². The second-order valence-corrected chi connectivity index (χ2v) is 24.1. The third-order valence-electron chi connectivity index (χ3n) is 17.3. The third kappa shape index (κ3) is 10.6. The van der Waals surface area contributed by atoms with Crippen LogP contribution in [-0.2, 0) is 32.2 Å². The van der Waals surface area contributed by atoms with Gasteiger partial charge < -0.3 is 69.7 Å². The first-order chi connectivity index (χ1) is 37.0. The Balaban J connectivity index is 0.000000162. The van der Waals surface area contributed by atoms with Gasteiger partial charge in [0.2, 0.25) is 0 Å². The number of pyridine rings is 2. The van der Waals surface area contributed by atoms with Crippen LogP contribution in [0.5, 0.6) is 11.5 Å². The van der Waals surface area contributed by atoms with Gasteiger partial charge in [0.25, 0.3) is 0 Å². The minimum Gasteiger partial charge on any atom is -0.486 e. The highest BCUT2D eigenvalue weighted by molar-refractivity contribution is 7.99. The van der Waals surface area contributed by atoms with Crippen LogP contribution < -0.4 is 40.5 Å². The van der Waals surface area contributed by atoms with Crippen LogP contribution in [0.25, 0.3) is 0 Å². The third-order valence-corrected chi connectivity index (χ3v) is 19.2. The highest BCUT2D eigenvalue weighted by Crippen LogP contribution is 2.48. The number of fused-ring (bicyclic) bond motifs is 6. The van der Waals surface area contributed by atoms with Crippen molar-refractivity contribution in [2.45, 2.75) is 136 Å². The van der Waals surface area contributed by atoms with Crippen molar-refractivity contribution in [3.63, 3.8) is 0 Å². The minimum absolute atomic E-state index is 0.0380. The molecule has 0 saturated carbocycles. The summed E-state index contributed by atoms with van der Waals surface area (Å²) < 4.78 is 35.6. The van der Waals surface area contributed by atoms with Crippen LogP contribution in [0.4, 0.5) is 23.3 Å². The maximum atomic E-state index is 10.2. The van der Waals surface area contributed by atoms with Crippen LogP contribution >= 0.6 is 23.5 Å². The number of piperidine rings is 2. The van der Waals surface area contributed by atoms with Crippen LogP contribution in [0, 0.1) is 22.7 Å². The number of hydrogen-bond acceptors (Lipinski definition) is 22. The number of aliphatic hydroxyl groups excluding tert-OH is 2. The molecule has 0 aliphatic carbocycles. The molecule has 4 aromatic heterocycles. The van der Waals surface area contributed by atoms with Crippen molar-refractivity contribution >= 4 is 46.8 Å². The lowest BCUT2D eigenvalue weighted by Crippen LogP contribution is -2.51. The van der Waals surface area contributed by atoms with E-state index in [1.54, 1.807) is 12.4 Å². The van der Waals surface area contributed by atoms with Gasteiger partial charge in [-0.3, -0.25) is 0 Å². The molecule has 12 rings (SSSR count). The molecule has 6 saturated heterocycles. The smallest absolute Gasteiger partial charge is 0.175 e. The Hall–Kier alpha value is -4.36. The van der Waals surface area contributed by atoms with Gasteiger partial charge in [-0.05, 0) is 78.4 Å². The largest absolute Gasteiger partial charge is 0.486 e. The molecule has 0 unspecified atom stereocenters. The lowest BCUT2D eigenvalue weighted by atomic mass is 9.73. The van der Waals surface area contributed by atoms with Gasteiger partial charge in [0.05, 0.1) is 86.1 Å². The molecule has 6 N–H and O–H groups in total. The first-order valence-electron chi connectivity index (χ1n) is 27.5. The van der Waals surface area contributed by atoms with Crippen molar-refractivity contribution in [1.82, 2.24) is 29.9 Å². The van der Waals surface area contributed by atoms with Crippen molar-refractivity contribution in [1.29, 1.82) is 0 Å². The van der Waals surface area contributed by atoms with E-state index >= 15 is 0 Å². The minimum atomic E-state index is -0.167. The Morgan fingerprint density at radius 2 is 1.05 bits per heavy atom. The molecular weight excluding hydrogens is 1010 g/mol. The summed E-state index contributed by atoms with van der Waals surface area (Å²) in [5.41, 5.74) is 14.2. The zero-order valence-electron chi connectivity index (χ0n) is 44.4. The van der Waals surface area contributed by atoms with Gasteiger partial charge in [-0.1, -0.05) is 23.5 Å². The molecule has 4 aromatic rings. The number of ether oxygens (including phenoxy) is 6. The van der Waals surface area contributed by atoms with Crippen molar-refractivity contribution in [3.8, 4) is 11.5 Å². The fourth-order valence-corrected chi connectivity index (χ4v) is 14.6. The highest BCUT2D eigenvalue weighted by atomic mass is 32.2. The number of nitrogens with zero attached hydrogens (tertiary/aromatic N) is 10. The standard InChI is InChI=1S/2C27H38N6O4S/c2*1-3-35-14-18-10-19-15-36-23-21(4-7-29-26(23)33(19)12-18)38-22-11-30-25(20(13-34)31-22)32-8-5-27(6-9-32)16-37-17(2)24(27)28/h2*4,7,11,17-19,24,34H,3,5-6,8-10,12-16,28H2,1-2H3/t17-,18+,19+,24+;17-,18-,19+,24+/m00/s1. The molecule has 0 aromatic carbocycles. The van der Waals surface area contributed by atoms with Crippen LogP contribution in [0.15, 0.2) is 56.8 Å². The predicted octanol–water partition coefficient (Wildman–Crippen LogP) is 4.94. The number of aliphatic hydroxyl groups is 2. The molecule has 8 aliphatic heterocycles. The summed E-state index contributed by atoms with van der Waals surface area (Å²) in [5.74, 6) is 5.86. The molecule has 8 aliphatic rings. The van der Waals surface area contributed by atoms with E-state index in [4.69, 9.17) is 59.8 Å². The number of nitrogens with two attached hydrogens (primary N) is 2. The van der Waals surface area contributed by atoms with Gasteiger partial charge in [-0.25, -0.2) is 29.9 Å². The van der Waals surface area contributed by atoms with Crippen molar-refractivity contribution in [2.75, 3.05) is 112 Å². The fourth-order valence-electron chi connectivity index (χ4n) is 12.9. The molecule has 22 heteroatoms. The number of hydrogen-bond donors (Lipinski definition) is 4. The first-order valence-corrected chi connectivity index (χ1v) is 29.1. The van der Waals surface area contributed by atoms with E-state index in [1.165, 1.54) is 23.5 Å². The van der Waals surface area contributed by atoms with Crippen molar-refractivity contribution < 1.29 is 38.6 Å². The zero-order valence-corrected chi connectivity index (χ0v) is 46.1. The van der Waals surface area contributed by atoms with Crippen LogP contribution in [-0.4, -0.2) is 169 Å². The van der Waals surface area contributed by atoms with Crippen molar-refractivity contribution in [3.05, 3.63) is 48.3 Å². The van der Waals surface area contributed by atoms with Gasteiger partial charge in [0.15, 0.2) is 34.8 Å². The van der Waals surface area contributed by atoms with Gasteiger partial charge in [-0.2, -0.15) is 0 Å². The van der Waals surface area contributed by atoms with Crippen LogP contribution in [0.1, 0.15) is 77.6 Å². The second kappa shape index (κ2) is 23.2. The molecule has 0 amide bonds. The maximum Gasteiger partial charge on any atom is 0.175 e. The first kappa shape index (κ1) is 53.6. The van der Waals surface area contributed by atoms with E-state index in [9.17, 15) is 10.2 Å². The van der Waals surface area contributed by atoms with Crippen molar-refractivity contribution in [2.24, 2.45) is 34.1 Å². The summed E-state index contributed by atoms with van der Waals surface area (Å²) in [6.07, 6.45) is 13.4. The SMILES string of the molecule is CCOC[C@@H]1C[C@@H]2COc3c(Sc4cnc(N5CCC6(CC5)CO[C@@H](C)[C@H]6N)c(CO)n4)ccnc3N2C1.CCOC[C@H]1C[C@@H]2COc3c(Sc4cnc(N5CCC6(CC5)CO[C@@H](C)[C@H]6N)c(CO)n4)ccnc3N2C1. The van der Waals surface area contributed by atoms with Crippen LogP contribution in [0.3, 0.4) is 0 Å². The van der Waals surface area contributed by atoms with E-state index in [1.807, 2.05) is 38.4 Å². The summed E-state index contributed by atoms with van der Waals surface area (Å²) in [6.45, 7) is 18.8. The molecule has 2 spiro atoms. The number of anilines is 4. The lowest BCUT2D eigenvalue weighted by Gasteiger charge is -2.41. The Morgan fingerprint density at radius 1 is 0.632 bits per heavy atom.